The molecule has 0 heterocycles. The number of amides is 1. The second-order valence-electron chi connectivity index (χ2n) is 4.03. The van der Waals surface area contributed by atoms with Crippen LogP contribution in [0.1, 0.15) is 31.2 Å². The van der Waals surface area contributed by atoms with Gasteiger partial charge in [0.1, 0.15) is 5.92 Å². The lowest BCUT2D eigenvalue weighted by Gasteiger charge is -2.03. The SMILES string of the molecule is CC(C(=O)[N+](=O)C1CC1)c1ccccc1. The molecule has 1 fully saturated rings. The third-order valence-corrected chi connectivity index (χ3v) is 2.77. The molecule has 2 rings (SSSR count). The maximum Gasteiger partial charge on any atom is 0.440 e. The van der Waals surface area contributed by atoms with E-state index >= 15 is 0 Å². The molecule has 1 aromatic carbocycles. The van der Waals surface area contributed by atoms with Crippen LogP contribution in [-0.2, 0) is 4.79 Å². The van der Waals surface area contributed by atoms with E-state index < -0.39 is 0 Å². The number of hydrogen-bond donors (Lipinski definition) is 0. The molecule has 0 bridgehead atoms. The summed E-state index contributed by atoms with van der Waals surface area (Å²) in [6.07, 6.45) is 1.72. The lowest BCUT2D eigenvalue weighted by Crippen LogP contribution is -2.25. The molecule has 1 atom stereocenters. The molecule has 1 aliphatic carbocycles. The fourth-order valence-electron chi connectivity index (χ4n) is 1.56. The molecule has 78 valence electrons. The van der Waals surface area contributed by atoms with Gasteiger partial charge in [-0.2, -0.15) is 0 Å². The van der Waals surface area contributed by atoms with Crippen LogP contribution in [-0.4, -0.2) is 16.7 Å². The summed E-state index contributed by atoms with van der Waals surface area (Å²) < 4.78 is 0.650. The molecule has 3 nitrogen and oxygen atoms in total. The van der Waals surface area contributed by atoms with E-state index in [1.807, 2.05) is 30.3 Å². The molecule has 0 N–H and O–H groups in total. The summed E-state index contributed by atoms with van der Waals surface area (Å²) in [7, 11) is 0. The van der Waals surface area contributed by atoms with Crippen LogP contribution in [0.4, 0.5) is 0 Å². The molecule has 0 aromatic heterocycles. The van der Waals surface area contributed by atoms with Crippen LogP contribution in [0.3, 0.4) is 0 Å². The second-order valence-corrected chi connectivity index (χ2v) is 4.03. The molecule has 0 aliphatic heterocycles. The molecule has 1 saturated carbocycles. The highest BCUT2D eigenvalue weighted by Gasteiger charge is 2.44. The van der Waals surface area contributed by atoms with Crippen LogP contribution in [0.15, 0.2) is 30.3 Å². The Labute approximate surface area is 88.7 Å². The standard InChI is InChI=1S/C12H14NO2/c1-9(10-5-3-2-4-6-10)12(14)13(15)11-7-8-11/h2-6,9,11H,7-8H2,1H3/q+1. The predicted molar refractivity (Wildman–Crippen MR) is 56.5 cm³/mol. The first-order valence-corrected chi connectivity index (χ1v) is 5.25. The zero-order chi connectivity index (χ0) is 10.8. The highest BCUT2D eigenvalue weighted by molar-refractivity contribution is 5.75. The first kappa shape index (κ1) is 10.0. The van der Waals surface area contributed by atoms with Crippen LogP contribution in [0, 0.1) is 4.91 Å². The smallest absolute Gasteiger partial charge is 0.214 e. The lowest BCUT2D eigenvalue weighted by molar-refractivity contribution is -0.484. The van der Waals surface area contributed by atoms with Gasteiger partial charge in [-0.1, -0.05) is 30.3 Å². The van der Waals surface area contributed by atoms with Gasteiger partial charge in [-0.15, -0.1) is 0 Å². The Balaban J connectivity index is 2.10. The van der Waals surface area contributed by atoms with Crippen molar-refractivity contribution in [2.45, 2.75) is 31.7 Å². The van der Waals surface area contributed by atoms with Gasteiger partial charge in [-0.25, -0.2) is 4.79 Å². The number of hydrogen-bond acceptors (Lipinski definition) is 2. The number of rotatable bonds is 3. The number of nitrogens with zero attached hydrogens (tertiary/aromatic N) is 1. The second kappa shape index (κ2) is 3.93. The summed E-state index contributed by atoms with van der Waals surface area (Å²) in [6, 6.07) is 9.36. The van der Waals surface area contributed by atoms with Gasteiger partial charge in [-0.3, -0.25) is 0 Å². The van der Waals surface area contributed by atoms with Crippen molar-refractivity contribution in [3.05, 3.63) is 40.8 Å². The molecule has 0 radical (unpaired) electrons. The van der Waals surface area contributed by atoms with Crippen molar-refractivity contribution in [2.75, 3.05) is 0 Å². The van der Waals surface area contributed by atoms with Crippen molar-refractivity contribution >= 4 is 5.91 Å². The monoisotopic (exact) mass is 204 g/mol. The highest BCUT2D eigenvalue weighted by atomic mass is 16.3. The number of nitroso groups, excluding NO2 is 1. The zero-order valence-electron chi connectivity index (χ0n) is 8.72. The molecule has 0 saturated heterocycles. The van der Waals surface area contributed by atoms with Gasteiger partial charge in [0, 0.05) is 17.7 Å². The Bertz CT molecular complexity index is 382. The van der Waals surface area contributed by atoms with E-state index in [1.165, 1.54) is 0 Å². The van der Waals surface area contributed by atoms with Gasteiger partial charge in [-0.05, 0) is 12.5 Å². The van der Waals surface area contributed by atoms with E-state index in [9.17, 15) is 9.70 Å². The van der Waals surface area contributed by atoms with Gasteiger partial charge in [0.05, 0.1) is 4.76 Å². The van der Waals surface area contributed by atoms with Crippen molar-refractivity contribution < 1.29 is 9.55 Å². The van der Waals surface area contributed by atoms with E-state index in [-0.39, 0.29) is 17.9 Å². The molecule has 0 spiro atoms. The van der Waals surface area contributed by atoms with Gasteiger partial charge < -0.3 is 0 Å². The van der Waals surface area contributed by atoms with Gasteiger partial charge in [0.2, 0.25) is 6.04 Å². The topological polar surface area (TPSA) is 37.1 Å². The Kier molecular flexibility index (Phi) is 2.62. The summed E-state index contributed by atoms with van der Waals surface area (Å²) in [6.45, 7) is 1.78. The average molecular weight is 204 g/mol. The van der Waals surface area contributed by atoms with Crippen LogP contribution in [0.25, 0.3) is 0 Å². The van der Waals surface area contributed by atoms with E-state index in [0.29, 0.717) is 4.76 Å². The number of carbonyl (C=O) groups is 1. The maximum absolute atomic E-state index is 11.7. The molecule has 1 unspecified atom stereocenters. The Morgan fingerprint density at radius 1 is 1.33 bits per heavy atom. The summed E-state index contributed by atoms with van der Waals surface area (Å²) in [5.74, 6) is -0.645. The summed E-state index contributed by atoms with van der Waals surface area (Å²) in [5.41, 5.74) is 0.906. The quantitative estimate of drug-likeness (QED) is 0.708. The molecular weight excluding hydrogens is 190 g/mol. The minimum absolute atomic E-state index is 0.0522. The fourth-order valence-corrected chi connectivity index (χ4v) is 1.56. The molecular formula is C12H14NO2+. The number of carbonyl (C=O) groups excluding carboxylic acids is 1. The van der Waals surface area contributed by atoms with Gasteiger partial charge in [0.15, 0.2) is 0 Å². The highest BCUT2D eigenvalue weighted by Crippen LogP contribution is 2.26. The van der Waals surface area contributed by atoms with E-state index in [0.717, 1.165) is 18.4 Å². The first-order chi connectivity index (χ1) is 7.20. The van der Waals surface area contributed by atoms with E-state index in [4.69, 9.17) is 0 Å². The fraction of sp³-hybridized carbons (Fsp3) is 0.417. The van der Waals surface area contributed by atoms with Gasteiger partial charge >= 0.3 is 5.91 Å². The lowest BCUT2D eigenvalue weighted by atomic mass is 10.0. The Morgan fingerprint density at radius 2 is 1.93 bits per heavy atom. The van der Waals surface area contributed by atoms with Crippen LogP contribution < -0.4 is 0 Å². The van der Waals surface area contributed by atoms with Crippen LogP contribution in [0.2, 0.25) is 0 Å². The van der Waals surface area contributed by atoms with Crippen molar-refractivity contribution in [1.29, 1.82) is 0 Å². The average Bonchev–Trinajstić information content (AvgIpc) is 3.11. The molecule has 1 aromatic rings. The summed E-state index contributed by atoms with van der Waals surface area (Å²) in [5, 5.41) is 0. The normalized spacial score (nSPS) is 17.1. The van der Waals surface area contributed by atoms with Crippen LogP contribution >= 0.6 is 0 Å². The largest absolute Gasteiger partial charge is 0.440 e. The van der Waals surface area contributed by atoms with Crippen molar-refractivity contribution in [2.24, 2.45) is 0 Å². The van der Waals surface area contributed by atoms with E-state index in [1.54, 1.807) is 6.92 Å². The molecule has 15 heavy (non-hydrogen) atoms. The third-order valence-electron chi connectivity index (χ3n) is 2.77. The van der Waals surface area contributed by atoms with Crippen molar-refractivity contribution in [1.82, 2.24) is 0 Å². The van der Waals surface area contributed by atoms with E-state index in [2.05, 4.69) is 0 Å². The van der Waals surface area contributed by atoms with Crippen molar-refractivity contribution in [3.63, 3.8) is 0 Å². The minimum Gasteiger partial charge on any atom is -0.214 e. The van der Waals surface area contributed by atoms with Crippen LogP contribution in [0.5, 0.6) is 0 Å². The minimum atomic E-state index is -0.329. The molecule has 1 amide bonds. The Morgan fingerprint density at radius 3 is 2.47 bits per heavy atom. The number of benzene rings is 1. The van der Waals surface area contributed by atoms with Crippen molar-refractivity contribution in [3.8, 4) is 0 Å². The first-order valence-electron chi connectivity index (χ1n) is 5.25. The molecule has 3 heteroatoms. The molecule has 1 aliphatic rings. The summed E-state index contributed by atoms with van der Waals surface area (Å²) in [4.78, 5) is 23.2. The summed E-state index contributed by atoms with van der Waals surface area (Å²) >= 11 is 0. The maximum atomic E-state index is 11.7. The Hall–Kier alpha value is -1.51. The predicted octanol–water partition coefficient (Wildman–Crippen LogP) is 2.26. The third kappa shape index (κ3) is 2.12. The zero-order valence-corrected chi connectivity index (χ0v) is 8.72. The van der Waals surface area contributed by atoms with Gasteiger partial charge in [0.25, 0.3) is 0 Å².